The molecule has 0 aromatic heterocycles. The molecule has 2 amide bonds. The van der Waals surface area contributed by atoms with Crippen LogP contribution in [0.2, 0.25) is 0 Å². The molecule has 1 rings (SSSR count). The minimum absolute atomic E-state index is 0.0743. The molecule has 1 aliphatic rings. The second-order valence-corrected chi connectivity index (χ2v) is 8.72. The Labute approximate surface area is 189 Å². The molecule has 0 aromatic rings. The van der Waals surface area contributed by atoms with Gasteiger partial charge in [0.25, 0.3) is 0 Å². The van der Waals surface area contributed by atoms with Gasteiger partial charge in [-0.3, -0.25) is 9.59 Å². The smallest absolute Gasteiger partial charge is 0.236 e. The number of rotatable bonds is 19. The molecule has 1 aliphatic carbocycles. The molecule has 8 N–H and O–H groups in total. The first kappa shape index (κ1) is 27.8. The molecule has 1 saturated carbocycles. The molecule has 1 unspecified atom stereocenters. The third-order valence-electron chi connectivity index (χ3n) is 5.90. The highest BCUT2D eigenvalue weighted by molar-refractivity contribution is 5.81. The summed E-state index contributed by atoms with van der Waals surface area (Å²) >= 11 is 0. The molecule has 8 nitrogen and oxygen atoms in total. The first-order chi connectivity index (χ1) is 15.1. The van der Waals surface area contributed by atoms with Crippen molar-refractivity contribution in [3.8, 4) is 0 Å². The van der Waals surface area contributed by atoms with Crippen molar-refractivity contribution in [1.29, 1.82) is 0 Å². The Morgan fingerprint density at radius 1 is 0.742 bits per heavy atom. The van der Waals surface area contributed by atoms with E-state index in [1.54, 1.807) is 0 Å². The summed E-state index contributed by atoms with van der Waals surface area (Å²) in [6.45, 7) is 6.03. The second-order valence-electron chi connectivity index (χ2n) is 8.72. The summed E-state index contributed by atoms with van der Waals surface area (Å²) in [5.41, 5.74) is 11.4. The average molecular weight is 441 g/mol. The van der Waals surface area contributed by atoms with Crippen LogP contribution in [0.25, 0.3) is 0 Å². The largest absolute Gasteiger partial charge is 0.356 e. The maximum absolute atomic E-state index is 12.1. The van der Waals surface area contributed by atoms with Gasteiger partial charge in [-0.25, -0.2) is 0 Å². The van der Waals surface area contributed by atoms with Gasteiger partial charge in [0.05, 0.1) is 6.04 Å². The van der Waals surface area contributed by atoms with Crippen LogP contribution < -0.4 is 32.7 Å². The lowest BCUT2D eigenvalue weighted by Gasteiger charge is -2.20. The van der Waals surface area contributed by atoms with E-state index in [0.717, 1.165) is 84.1 Å². The Kier molecular flexibility index (Phi) is 17.5. The maximum atomic E-state index is 12.1. The van der Waals surface area contributed by atoms with Crippen LogP contribution in [-0.2, 0) is 9.59 Å². The lowest BCUT2D eigenvalue weighted by molar-refractivity contribution is -0.126. The second kappa shape index (κ2) is 19.5. The molecular formula is C23H48N6O2. The quantitative estimate of drug-likeness (QED) is 0.166. The number of hydrogen-bond donors (Lipinski definition) is 6. The number of nitrogens with two attached hydrogens (primary N) is 2. The van der Waals surface area contributed by atoms with E-state index in [4.69, 9.17) is 11.5 Å². The Morgan fingerprint density at radius 3 is 2.00 bits per heavy atom. The normalized spacial score (nSPS) is 15.5. The fourth-order valence-corrected chi connectivity index (χ4v) is 3.87. The topological polar surface area (TPSA) is 134 Å². The highest BCUT2D eigenvalue weighted by Crippen LogP contribution is 2.23. The Morgan fingerprint density at radius 2 is 1.32 bits per heavy atom. The van der Waals surface area contributed by atoms with E-state index in [2.05, 4.69) is 21.3 Å². The summed E-state index contributed by atoms with van der Waals surface area (Å²) in [7, 11) is 0. The predicted octanol–water partition coefficient (Wildman–Crippen LogP) is 0.995. The molecule has 0 saturated heterocycles. The highest BCUT2D eigenvalue weighted by Gasteiger charge is 2.20. The van der Waals surface area contributed by atoms with Crippen molar-refractivity contribution in [1.82, 2.24) is 21.3 Å². The van der Waals surface area contributed by atoms with Gasteiger partial charge in [0.15, 0.2) is 0 Å². The molecule has 0 radical (unpaired) electrons. The number of unbranched alkanes of at least 4 members (excludes halogenated alkanes) is 2. The van der Waals surface area contributed by atoms with E-state index < -0.39 is 6.04 Å². The average Bonchev–Trinajstić information content (AvgIpc) is 2.79. The SMILES string of the molecule is NCCCNCCCCNCCCNC(=O)C(N)CCCCNC(=O)C1CCCCC1. The molecule has 1 atom stereocenters. The standard InChI is InChI=1S/C23H48N6O2/c24-13-8-16-26-14-6-7-15-27-17-9-19-29-23(31)21(25)12-4-5-18-28-22(30)20-10-2-1-3-11-20/h20-21,26-27H,1-19,24-25H2,(H,28,30)(H,29,31). The fourth-order valence-electron chi connectivity index (χ4n) is 3.87. The van der Waals surface area contributed by atoms with Crippen LogP contribution in [0.4, 0.5) is 0 Å². The zero-order chi connectivity index (χ0) is 22.6. The van der Waals surface area contributed by atoms with Crippen molar-refractivity contribution in [3.05, 3.63) is 0 Å². The molecule has 1 fully saturated rings. The molecule has 0 aromatic carbocycles. The first-order valence-electron chi connectivity index (χ1n) is 12.6. The molecule has 31 heavy (non-hydrogen) atoms. The van der Waals surface area contributed by atoms with Crippen molar-refractivity contribution < 1.29 is 9.59 Å². The molecule has 0 spiro atoms. The molecule has 0 heterocycles. The van der Waals surface area contributed by atoms with Gasteiger partial charge in [0.1, 0.15) is 0 Å². The number of carbonyl (C=O) groups is 2. The van der Waals surface area contributed by atoms with Crippen LogP contribution in [0.1, 0.15) is 77.0 Å². The summed E-state index contributed by atoms with van der Waals surface area (Å²) in [4.78, 5) is 24.1. The van der Waals surface area contributed by atoms with Crippen molar-refractivity contribution in [2.45, 2.75) is 83.1 Å². The van der Waals surface area contributed by atoms with E-state index in [1.165, 1.54) is 19.3 Å². The van der Waals surface area contributed by atoms with Gasteiger partial charge in [0, 0.05) is 19.0 Å². The number of hydrogen-bond acceptors (Lipinski definition) is 6. The van der Waals surface area contributed by atoms with Gasteiger partial charge in [-0.15, -0.1) is 0 Å². The summed E-state index contributed by atoms with van der Waals surface area (Å²) in [6.07, 6.45) is 12.3. The lowest BCUT2D eigenvalue weighted by atomic mass is 9.88. The summed E-state index contributed by atoms with van der Waals surface area (Å²) in [5, 5.41) is 12.7. The zero-order valence-corrected chi connectivity index (χ0v) is 19.6. The summed E-state index contributed by atoms with van der Waals surface area (Å²) in [6, 6.07) is -0.464. The minimum Gasteiger partial charge on any atom is -0.356 e. The molecule has 182 valence electrons. The Hall–Kier alpha value is -1.22. The number of carbonyl (C=O) groups excluding carboxylic acids is 2. The van der Waals surface area contributed by atoms with Gasteiger partial charge >= 0.3 is 0 Å². The monoisotopic (exact) mass is 440 g/mol. The molecule has 0 bridgehead atoms. The van der Waals surface area contributed by atoms with E-state index in [9.17, 15) is 9.59 Å². The van der Waals surface area contributed by atoms with Crippen molar-refractivity contribution in [2.24, 2.45) is 17.4 Å². The van der Waals surface area contributed by atoms with Crippen LogP contribution in [0.5, 0.6) is 0 Å². The van der Waals surface area contributed by atoms with Crippen LogP contribution in [0.15, 0.2) is 0 Å². The molecular weight excluding hydrogens is 392 g/mol. The van der Waals surface area contributed by atoms with Gasteiger partial charge in [-0.1, -0.05) is 19.3 Å². The van der Waals surface area contributed by atoms with Gasteiger partial charge in [0.2, 0.25) is 11.8 Å². The highest BCUT2D eigenvalue weighted by atomic mass is 16.2. The van der Waals surface area contributed by atoms with Gasteiger partial charge < -0.3 is 32.7 Å². The number of amides is 2. The maximum Gasteiger partial charge on any atom is 0.236 e. The molecule has 8 heteroatoms. The molecule has 0 aliphatic heterocycles. The predicted molar refractivity (Wildman–Crippen MR) is 128 cm³/mol. The fraction of sp³-hybridized carbons (Fsp3) is 0.913. The zero-order valence-electron chi connectivity index (χ0n) is 19.6. The van der Waals surface area contributed by atoms with E-state index in [1.807, 2.05) is 0 Å². The van der Waals surface area contributed by atoms with Crippen molar-refractivity contribution in [2.75, 3.05) is 45.8 Å². The van der Waals surface area contributed by atoms with Crippen molar-refractivity contribution in [3.63, 3.8) is 0 Å². The third kappa shape index (κ3) is 15.3. The minimum atomic E-state index is -0.464. The third-order valence-corrected chi connectivity index (χ3v) is 5.90. The van der Waals surface area contributed by atoms with Crippen LogP contribution in [0.3, 0.4) is 0 Å². The van der Waals surface area contributed by atoms with E-state index in [0.29, 0.717) is 19.5 Å². The van der Waals surface area contributed by atoms with Crippen LogP contribution in [-0.4, -0.2) is 63.7 Å². The van der Waals surface area contributed by atoms with E-state index in [-0.39, 0.29) is 17.7 Å². The Balaban J connectivity index is 1.87. The van der Waals surface area contributed by atoms with Gasteiger partial charge in [-0.05, 0) is 90.5 Å². The number of nitrogens with one attached hydrogen (secondary N) is 4. The summed E-state index contributed by atoms with van der Waals surface area (Å²) < 4.78 is 0. The van der Waals surface area contributed by atoms with Crippen LogP contribution in [0, 0.1) is 5.92 Å². The van der Waals surface area contributed by atoms with Crippen molar-refractivity contribution >= 4 is 11.8 Å². The van der Waals surface area contributed by atoms with Gasteiger partial charge in [-0.2, -0.15) is 0 Å². The Bertz CT molecular complexity index is 457. The first-order valence-corrected chi connectivity index (χ1v) is 12.6. The van der Waals surface area contributed by atoms with Crippen LogP contribution >= 0.6 is 0 Å². The summed E-state index contributed by atoms with van der Waals surface area (Å²) in [5.74, 6) is 0.337. The lowest BCUT2D eigenvalue weighted by Crippen LogP contribution is -2.41. The van der Waals surface area contributed by atoms with E-state index >= 15 is 0 Å².